The molecule has 36 heavy (non-hydrogen) atoms. The summed E-state index contributed by atoms with van der Waals surface area (Å²) >= 11 is 0. The molecule has 0 spiro atoms. The summed E-state index contributed by atoms with van der Waals surface area (Å²) in [5, 5.41) is 0. The van der Waals surface area contributed by atoms with Gasteiger partial charge in [-0.1, -0.05) is 13.8 Å². The van der Waals surface area contributed by atoms with E-state index in [1.807, 2.05) is 13.8 Å². The highest BCUT2D eigenvalue weighted by Gasteiger charge is 2.37. The van der Waals surface area contributed by atoms with E-state index in [4.69, 9.17) is 0 Å². The van der Waals surface area contributed by atoms with E-state index in [2.05, 4.69) is 4.90 Å². The first kappa shape index (κ1) is 23.9. The SMILES string of the molecule is CC1(C)CC(=O)c2cn(-c3ccc(F)cc3)c(=O)c(C(=O)N3CCN(c4ccc(F)cc4)CC3)c2C1. The van der Waals surface area contributed by atoms with Crippen LogP contribution in [0, 0.1) is 17.0 Å². The largest absolute Gasteiger partial charge is 0.368 e. The number of piperazine rings is 1. The maximum absolute atomic E-state index is 13.8. The average molecular weight is 492 g/mol. The van der Waals surface area contributed by atoms with Gasteiger partial charge in [0, 0.05) is 55.7 Å². The summed E-state index contributed by atoms with van der Waals surface area (Å²) < 4.78 is 28.1. The number of benzene rings is 2. The van der Waals surface area contributed by atoms with Crippen molar-refractivity contribution in [1.82, 2.24) is 9.47 Å². The topological polar surface area (TPSA) is 62.6 Å². The molecule has 5 rings (SSSR count). The van der Waals surface area contributed by atoms with E-state index in [9.17, 15) is 23.2 Å². The Morgan fingerprint density at radius 3 is 1.94 bits per heavy atom. The number of ketones is 1. The minimum absolute atomic E-state index is 0.00758. The average Bonchev–Trinajstić information content (AvgIpc) is 2.84. The van der Waals surface area contributed by atoms with Crippen LogP contribution in [-0.2, 0) is 6.42 Å². The number of amides is 1. The number of Topliss-reactive ketones (excluding diaryl/α,β-unsaturated/α-hetero) is 1. The van der Waals surface area contributed by atoms with Gasteiger partial charge in [-0.2, -0.15) is 0 Å². The van der Waals surface area contributed by atoms with E-state index in [1.54, 1.807) is 17.0 Å². The summed E-state index contributed by atoms with van der Waals surface area (Å²) in [6, 6.07) is 11.6. The second-order valence-corrected chi connectivity index (χ2v) is 10.2. The first-order chi connectivity index (χ1) is 17.1. The van der Waals surface area contributed by atoms with E-state index in [-0.39, 0.29) is 22.6 Å². The van der Waals surface area contributed by atoms with Crippen molar-refractivity contribution in [3.63, 3.8) is 0 Å². The summed E-state index contributed by atoms with van der Waals surface area (Å²) in [5.41, 5.74) is 1.22. The van der Waals surface area contributed by atoms with Crippen molar-refractivity contribution in [3.05, 3.63) is 93.4 Å². The molecular formula is C28H27F2N3O3. The van der Waals surface area contributed by atoms with E-state index < -0.39 is 17.3 Å². The van der Waals surface area contributed by atoms with Crippen LogP contribution in [0.25, 0.3) is 5.69 Å². The normalized spacial score (nSPS) is 17.2. The Balaban J connectivity index is 1.52. The number of fused-ring (bicyclic) bond motifs is 1. The molecule has 8 heteroatoms. The third-order valence-corrected chi connectivity index (χ3v) is 6.99. The minimum Gasteiger partial charge on any atom is -0.368 e. The highest BCUT2D eigenvalue weighted by molar-refractivity contribution is 6.04. The lowest BCUT2D eigenvalue weighted by Crippen LogP contribution is -2.50. The van der Waals surface area contributed by atoms with Crippen LogP contribution >= 0.6 is 0 Å². The fraction of sp³-hybridized carbons (Fsp3) is 0.321. The monoisotopic (exact) mass is 491 g/mol. The Hall–Kier alpha value is -3.81. The molecule has 0 saturated carbocycles. The Labute approximate surface area is 207 Å². The Kier molecular flexibility index (Phi) is 5.98. The Morgan fingerprint density at radius 1 is 0.806 bits per heavy atom. The molecule has 0 N–H and O–H groups in total. The molecule has 2 aromatic carbocycles. The van der Waals surface area contributed by atoms with Crippen molar-refractivity contribution in [3.8, 4) is 5.69 Å². The number of hydrogen-bond donors (Lipinski definition) is 0. The van der Waals surface area contributed by atoms with Gasteiger partial charge in [-0.15, -0.1) is 0 Å². The number of nitrogens with zero attached hydrogens (tertiary/aromatic N) is 3. The number of pyridine rings is 1. The van der Waals surface area contributed by atoms with E-state index in [0.717, 1.165) is 5.69 Å². The van der Waals surface area contributed by atoms with Crippen molar-refractivity contribution >= 4 is 17.4 Å². The van der Waals surface area contributed by atoms with Crippen molar-refractivity contribution in [2.75, 3.05) is 31.1 Å². The van der Waals surface area contributed by atoms with E-state index in [0.29, 0.717) is 55.8 Å². The maximum atomic E-state index is 13.8. The summed E-state index contributed by atoms with van der Waals surface area (Å²) in [6.07, 6.45) is 2.24. The van der Waals surface area contributed by atoms with Crippen molar-refractivity contribution in [2.45, 2.75) is 26.7 Å². The van der Waals surface area contributed by atoms with Gasteiger partial charge in [0.1, 0.15) is 17.2 Å². The van der Waals surface area contributed by atoms with Crippen LogP contribution in [0.1, 0.15) is 46.5 Å². The van der Waals surface area contributed by atoms with Crippen LogP contribution in [0.4, 0.5) is 14.5 Å². The third kappa shape index (κ3) is 4.43. The van der Waals surface area contributed by atoms with Gasteiger partial charge >= 0.3 is 0 Å². The van der Waals surface area contributed by atoms with Gasteiger partial charge in [0.25, 0.3) is 11.5 Å². The molecule has 1 aliphatic carbocycles. The molecular weight excluding hydrogens is 464 g/mol. The van der Waals surface area contributed by atoms with Crippen molar-refractivity contribution in [2.24, 2.45) is 5.41 Å². The summed E-state index contributed by atoms with van der Waals surface area (Å²) in [5.74, 6) is -1.28. The van der Waals surface area contributed by atoms with Gasteiger partial charge in [-0.3, -0.25) is 19.0 Å². The first-order valence-electron chi connectivity index (χ1n) is 12.0. The molecule has 0 atom stereocenters. The van der Waals surface area contributed by atoms with Crippen molar-refractivity contribution in [1.29, 1.82) is 0 Å². The van der Waals surface area contributed by atoms with Gasteiger partial charge in [-0.05, 0) is 65.9 Å². The van der Waals surface area contributed by atoms with Crippen LogP contribution in [0.15, 0.2) is 59.5 Å². The second-order valence-electron chi connectivity index (χ2n) is 10.2. The zero-order chi connectivity index (χ0) is 25.6. The number of hydrogen-bond acceptors (Lipinski definition) is 4. The van der Waals surface area contributed by atoms with E-state index >= 15 is 0 Å². The quantitative estimate of drug-likeness (QED) is 0.550. The Morgan fingerprint density at radius 2 is 1.36 bits per heavy atom. The molecule has 0 bridgehead atoms. The molecule has 1 amide bonds. The number of carbonyl (C=O) groups excluding carboxylic acids is 2. The lowest BCUT2D eigenvalue weighted by molar-refractivity contribution is 0.0742. The predicted octanol–water partition coefficient (Wildman–Crippen LogP) is 4.23. The number of halogens is 2. The zero-order valence-electron chi connectivity index (χ0n) is 20.3. The molecule has 0 radical (unpaired) electrons. The van der Waals surface area contributed by atoms with Crippen LogP contribution in [-0.4, -0.2) is 47.3 Å². The van der Waals surface area contributed by atoms with Crippen LogP contribution < -0.4 is 10.5 Å². The molecule has 186 valence electrons. The highest BCUT2D eigenvalue weighted by Crippen LogP contribution is 2.36. The minimum atomic E-state index is -0.517. The lowest BCUT2D eigenvalue weighted by atomic mass is 9.73. The maximum Gasteiger partial charge on any atom is 0.268 e. The van der Waals surface area contributed by atoms with Gasteiger partial charge < -0.3 is 9.80 Å². The molecule has 2 aliphatic rings. The molecule has 2 heterocycles. The summed E-state index contributed by atoms with van der Waals surface area (Å²) in [4.78, 5) is 44.3. The number of aromatic nitrogens is 1. The summed E-state index contributed by atoms with van der Waals surface area (Å²) in [7, 11) is 0. The number of carbonyl (C=O) groups is 2. The van der Waals surface area contributed by atoms with E-state index in [1.165, 1.54) is 47.2 Å². The molecule has 6 nitrogen and oxygen atoms in total. The molecule has 0 unspecified atom stereocenters. The van der Waals surface area contributed by atoms with Crippen LogP contribution in [0.5, 0.6) is 0 Å². The molecule has 1 aromatic heterocycles. The number of anilines is 1. The molecule has 1 fully saturated rings. The fourth-order valence-corrected chi connectivity index (χ4v) is 5.14. The molecule has 1 aliphatic heterocycles. The Bertz CT molecular complexity index is 1390. The smallest absolute Gasteiger partial charge is 0.268 e. The van der Waals surface area contributed by atoms with Gasteiger partial charge in [0.05, 0.1) is 0 Å². The third-order valence-electron chi connectivity index (χ3n) is 6.99. The van der Waals surface area contributed by atoms with Crippen LogP contribution in [0.3, 0.4) is 0 Å². The van der Waals surface area contributed by atoms with Gasteiger partial charge in [-0.25, -0.2) is 8.78 Å². The standard InChI is InChI=1S/C28H27F2N3O3/c1-28(2)15-22-23(24(34)16-28)17-33(21-9-5-19(30)6-10-21)27(36)25(22)26(35)32-13-11-31(12-14-32)20-7-3-18(29)4-8-20/h3-10,17H,11-16H2,1-2H3. The highest BCUT2D eigenvalue weighted by atomic mass is 19.1. The molecule has 3 aromatic rings. The number of rotatable bonds is 3. The predicted molar refractivity (Wildman–Crippen MR) is 133 cm³/mol. The fourth-order valence-electron chi connectivity index (χ4n) is 5.14. The van der Waals surface area contributed by atoms with Crippen molar-refractivity contribution < 1.29 is 18.4 Å². The summed E-state index contributed by atoms with van der Waals surface area (Å²) in [6.45, 7) is 5.73. The second kappa shape index (κ2) is 9.00. The zero-order valence-corrected chi connectivity index (χ0v) is 20.3. The molecule has 1 saturated heterocycles. The van der Waals surface area contributed by atoms with Gasteiger partial charge in [0.15, 0.2) is 5.78 Å². The lowest BCUT2D eigenvalue weighted by Gasteiger charge is -2.37. The first-order valence-corrected chi connectivity index (χ1v) is 12.0. The van der Waals surface area contributed by atoms with Crippen LogP contribution in [0.2, 0.25) is 0 Å². The van der Waals surface area contributed by atoms with Gasteiger partial charge in [0.2, 0.25) is 0 Å².